The molecule has 0 heterocycles. The summed E-state index contributed by atoms with van der Waals surface area (Å²) in [4.78, 5) is 35.2. The molecule has 323 valence electrons. The molecule has 1 aliphatic rings. The molecule has 0 atom stereocenters. The number of benzene rings is 2. The number of alkyl halides is 1. The normalized spacial score (nSPS) is 13.8. The first-order valence-electron chi connectivity index (χ1n) is 14.9. The summed E-state index contributed by atoms with van der Waals surface area (Å²) in [6, 6.07) is 5.03. The number of sulfone groups is 2. The fraction of sp³-hybridized carbons (Fsp3) is 0.222. The molecule has 0 saturated heterocycles. The standard InChI is InChI=1S/C27H29ClN6O18S5.Cu.4Na/c28-7-10-54(41,42)17-3-1-16(2-4-17)25(33-31-21-13-18(55(43,44)45)5-6-20(21)26(36)37)34-32-23-15-19(56(46,47)48)14-22(24(23)35)30-27(38)29-8-11-53(39,40)12-9-52-57(49,50)51;;;;;/h1-6,13-15,31H,7-12H2,(H,33,34)(H,36,37)(H2,29,30,38)(H,43,44,45)(H,46,47,48)(H,49,50,51);;;;;/q;;4*+1/p-4/b32-23+;;;;;. The SMILES string of the molecule is O=C(NCCS(=O)(=O)CCOS(=O)(=O)[O-])NC1=CC(S(=O)(=O)[O-])=C/C(=N\N/C(=N\Nc2cc(S(=O)(=O)[O-])ccc2C(=O)[O-])c2ccc(S(=O)(=O)CCCl)cc2)C1=O.[Cu].[Na+].[Na+].[Na+].[Na+]. The van der Waals surface area contributed by atoms with E-state index in [1.807, 2.05) is 10.6 Å². The van der Waals surface area contributed by atoms with E-state index in [4.69, 9.17) is 11.6 Å². The van der Waals surface area contributed by atoms with Crippen molar-refractivity contribution >= 4 is 96.9 Å². The summed E-state index contributed by atoms with van der Waals surface area (Å²) in [5, 5.41) is 23.2. The van der Waals surface area contributed by atoms with Crippen LogP contribution in [0.5, 0.6) is 0 Å². The number of carboxylic acids is 1. The number of aromatic carboxylic acids is 1. The number of allylic oxidation sites excluding steroid dienone is 3. The number of ketones is 1. The second-order valence-electron chi connectivity index (χ2n) is 10.8. The number of urea groups is 1. The van der Waals surface area contributed by atoms with Crippen molar-refractivity contribution in [2.24, 2.45) is 10.2 Å². The summed E-state index contributed by atoms with van der Waals surface area (Å²) < 4.78 is 155. The van der Waals surface area contributed by atoms with E-state index in [9.17, 15) is 75.2 Å². The maximum atomic E-state index is 13.3. The number of halogens is 1. The van der Waals surface area contributed by atoms with Crippen LogP contribution < -0.4 is 145 Å². The Kier molecular flexibility index (Phi) is 29.9. The second kappa shape index (κ2) is 28.1. The van der Waals surface area contributed by atoms with Crippen LogP contribution in [0.3, 0.4) is 0 Å². The monoisotopic (exact) mass is 1070 g/mol. The summed E-state index contributed by atoms with van der Waals surface area (Å²) in [6.07, 6.45) is 0.900. The van der Waals surface area contributed by atoms with Gasteiger partial charge in [0.2, 0.25) is 16.2 Å². The summed E-state index contributed by atoms with van der Waals surface area (Å²) in [7, 11) is -23.7. The van der Waals surface area contributed by atoms with Crippen LogP contribution in [0, 0.1) is 0 Å². The van der Waals surface area contributed by atoms with Gasteiger partial charge in [-0.2, -0.15) is 10.2 Å². The van der Waals surface area contributed by atoms with Crippen LogP contribution in [0.1, 0.15) is 15.9 Å². The first kappa shape index (κ1) is 65.9. The number of carbonyl (C=O) groups is 3. The molecule has 1 radical (unpaired) electrons. The summed E-state index contributed by atoms with van der Waals surface area (Å²) >= 11 is 5.56. The topological polar surface area (TPSA) is 396 Å². The second-order valence-corrected chi connectivity index (χ2v) is 19.4. The van der Waals surface area contributed by atoms with E-state index in [-0.39, 0.29) is 152 Å². The van der Waals surface area contributed by atoms with Crippen molar-refractivity contribution in [3.8, 4) is 0 Å². The molecular formula is C27H25ClCuN6Na4O18S5. The van der Waals surface area contributed by atoms with Gasteiger partial charge in [-0.25, -0.2) is 46.9 Å². The number of hydrogen-bond acceptors (Lipinski definition) is 21. The Morgan fingerprint density at radius 3 is 1.87 bits per heavy atom. The molecule has 24 nitrogen and oxygen atoms in total. The number of rotatable bonds is 18. The van der Waals surface area contributed by atoms with E-state index in [2.05, 4.69) is 25.2 Å². The minimum Gasteiger partial charge on any atom is -0.744 e. The molecule has 62 heavy (non-hydrogen) atoms. The van der Waals surface area contributed by atoms with Gasteiger partial charge in [-0.15, -0.1) is 11.6 Å². The summed E-state index contributed by atoms with van der Waals surface area (Å²) in [6.45, 7) is -1.69. The van der Waals surface area contributed by atoms with Gasteiger partial charge in [-0.05, 0) is 54.6 Å². The molecule has 2 aromatic rings. The van der Waals surface area contributed by atoms with Gasteiger partial charge in [-0.3, -0.25) is 19.8 Å². The zero-order valence-corrected chi connectivity index (χ0v) is 46.2. The number of nitrogens with one attached hydrogen (secondary N) is 4. The van der Waals surface area contributed by atoms with E-state index in [1.165, 1.54) is 0 Å². The Bertz CT molecular complexity index is 2660. The Morgan fingerprint density at radius 1 is 0.774 bits per heavy atom. The van der Waals surface area contributed by atoms with Crippen LogP contribution in [-0.4, -0.2) is 121 Å². The van der Waals surface area contributed by atoms with Crippen molar-refractivity contribution in [1.82, 2.24) is 16.1 Å². The van der Waals surface area contributed by atoms with Gasteiger partial charge in [0.15, 0.2) is 25.5 Å². The third kappa shape index (κ3) is 21.5. The number of hydrogen-bond donors (Lipinski definition) is 4. The van der Waals surface area contributed by atoms with E-state index >= 15 is 0 Å². The number of hydrazone groups is 2. The Labute approximate surface area is 459 Å². The predicted molar refractivity (Wildman–Crippen MR) is 190 cm³/mol. The molecule has 4 N–H and O–H groups in total. The van der Waals surface area contributed by atoms with Crippen molar-refractivity contribution in [2.45, 2.75) is 9.79 Å². The van der Waals surface area contributed by atoms with E-state index in [1.54, 1.807) is 0 Å². The van der Waals surface area contributed by atoms with E-state index in [0.29, 0.717) is 30.4 Å². The fourth-order valence-electron chi connectivity index (χ4n) is 4.13. The number of nitrogens with zero attached hydrogens (tertiary/aromatic N) is 2. The minimum absolute atomic E-state index is 0. The van der Waals surface area contributed by atoms with Crippen molar-refractivity contribution < 1.29 is 215 Å². The molecule has 0 saturated carbocycles. The molecule has 2 amide bonds. The molecule has 0 bridgehead atoms. The predicted octanol–water partition coefficient (Wildman–Crippen LogP) is -15.2. The Balaban J connectivity index is -0.00000696. The number of amides is 2. The average molecular weight is 1070 g/mol. The zero-order chi connectivity index (χ0) is 43.0. The molecule has 1 aliphatic carbocycles. The van der Waals surface area contributed by atoms with Gasteiger partial charge in [0, 0.05) is 40.6 Å². The summed E-state index contributed by atoms with van der Waals surface area (Å²) in [5.74, 6) is -6.17. The van der Waals surface area contributed by atoms with Gasteiger partial charge in [0.1, 0.15) is 25.9 Å². The number of Topliss-reactive ketones (excluding diaryl/α,β-unsaturated/α-hetero) is 1. The average Bonchev–Trinajstić information content (AvgIpc) is 3.08. The minimum atomic E-state index is -5.40. The molecule has 0 aliphatic heterocycles. The zero-order valence-electron chi connectivity index (χ0n) is 32.4. The van der Waals surface area contributed by atoms with Crippen molar-refractivity contribution in [2.75, 3.05) is 41.7 Å². The largest absolute Gasteiger partial charge is 1.00 e. The van der Waals surface area contributed by atoms with Crippen molar-refractivity contribution in [3.05, 3.63) is 76.3 Å². The van der Waals surface area contributed by atoms with Gasteiger partial charge < -0.3 is 34.2 Å². The molecular weight excluding hydrogens is 1050 g/mol. The van der Waals surface area contributed by atoms with Crippen LogP contribution in [0.4, 0.5) is 10.5 Å². The number of carboxylic acid groups (broad SMARTS) is 1. The van der Waals surface area contributed by atoms with Gasteiger partial charge in [0.05, 0.1) is 55.9 Å². The Morgan fingerprint density at radius 2 is 1.35 bits per heavy atom. The molecule has 0 spiro atoms. The molecule has 0 fully saturated rings. The van der Waals surface area contributed by atoms with Crippen LogP contribution in [-0.2, 0) is 76.4 Å². The first-order chi connectivity index (χ1) is 26.2. The number of anilines is 1. The fourth-order valence-corrected chi connectivity index (χ4v) is 8.09. The maximum Gasteiger partial charge on any atom is 1.00 e. The Hall–Kier alpha value is -0.331. The van der Waals surface area contributed by atoms with Crippen LogP contribution >= 0.6 is 11.6 Å². The van der Waals surface area contributed by atoms with E-state index < -0.39 is 137 Å². The molecule has 2 aromatic carbocycles. The van der Waals surface area contributed by atoms with E-state index in [0.717, 1.165) is 24.3 Å². The molecule has 35 heteroatoms. The van der Waals surface area contributed by atoms with Crippen molar-refractivity contribution in [1.29, 1.82) is 0 Å². The molecule has 0 unspecified atom stereocenters. The summed E-state index contributed by atoms with van der Waals surface area (Å²) in [5.41, 5.74) is 1.12. The van der Waals surface area contributed by atoms with Crippen molar-refractivity contribution in [3.63, 3.8) is 0 Å². The number of carbonyl (C=O) groups excluding carboxylic acids is 3. The van der Waals surface area contributed by atoms with Gasteiger partial charge in [-0.1, -0.05) is 0 Å². The van der Waals surface area contributed by atoms with Crippen LogP contribution in [0.15, 0.2) is 85.2 Å². The quantitative estimate of drug-likeness (QED) is 0.0157. The third-order valence-electron chi connectivity index (χ3n) is 6.80. The molecule has 0 aromatic heterocycles. The van der Waals surface area contributed by atoms with Gasteiger partial charge in [0.25, 0.3) is 0 Å². The maximum absolute atomic E-state index is 13.3. The molecule has 3 rings (SSSR count). The number of amidine groups is 1. The van der Waals surface area contributed by atoms with Crippen LogP contribution in [0.2, 0.25) is 0 Å². The van der Waals surface area contributed by atoms with Gasteiger partial charge >= 0.3 is 124 Å². The third-order valence-corrected chi connectivity index (χ3v) is 12.7. The smallest absolute Gasteiger partial charge is 0.744 e. The first-order valence-corrected chi connectivity index (χ1v) is 23.1. The van der Waals surface area contributed by atoms with Crippen LogP contribution in [0.25, 0.3) is 0 Å².